The highest BCUT2D eigenvalue weighted by molar-refractivity contribution is 7.99. The molecule has 0 saturated heterocycles. The van der Waals surface area contributed by atoms with E-state index in [1.165, 1.54) is 6.92 Å². The average Bonchev–Trinajstić information content (AvgIpc) is 3.24. The molecule has 0 fully saturated rings. The van der Waals surface area contributed by atoms with E-state index < -0.39 is 6.23 Å². The first-order valence-electron chi connectivity index (χ1n) is 11.0. The largest absolute Gasteiger partial charge is 0.454 e. The Bertz CT molecular complexity index is 1190. The summed E-state index contributed by atoms with van der Waals surface area (Å²) in [7, 11) is 0. The van der Waals surface area contributed by atoms with Gasteiger partial charge in [-0.3, -0.25) is 9.69 Å². The van der Waals surface area contributed by atoms with Crippen molar-refractivity contribution < 1.29 is 19.0 Å². The van der Waals surface area contributed by atoms with Gasteiger partial charge in [-0.1, -0.05) is 49.7 Å². The summed E-state index contributed by atoms with van der Waals surface area (Å²) in [5, 5.41) is 9.34. The first-order valence-corrected chi connectivity index (χ1v) is 12.0. The highest BCUT2D eigenvalue weighted by atomic mass is 32.2. The third-order valence-corrected chi connectivity index (χ3v) is 6.44. The fourth-order valence-electron chi connectivity index (χ4n) is 3.91. The van der Waals surface area contributed by atoms with Gasteiger partial charge in [-0.15, -0.1) is 10.2 Å². The molecule has 3 aromatic rings. The smallest absolute Gasteiger partial charge is 0.247 e. The highest BCUT2D eigenvalue weighted by Crippen LogP contribution is 2.44. The molecule has 2 aliphatic rings. The normalized spacial score (nSPS) is 15.9. The second-order valence-corrected chi connectivity index (χ2v) is 8.85. The quantitative estimate of drug-likeness (QED) is 0.372. The lowest BCUT2D eigenvalue weighted by Gasteiger charge is -2.29. The molecule has 2 aliphatic heterocycles. The molecule has 0 spiro atoms. The van der Waals surface area contributed by atoms with Crippen LogP contribution in [0.3, 0.4) is 0 Å². The molecule has 2 aromatic carbocycles. The summed E-state index contributed by atoms with van der Waals surface area (Å²) in [5.74, 6) is 2.38. The van der Waals surface area contributed by atoms with Crippen molar-refractivity contribution in [1.82, 2.24) is 15.2 Å². The van der Waals surface area contributed by atoms with Crippen LogP contribution in [0.25, 0.3) is 11.3 Å². The zero-order chi connectivity index (χ0) is 22.8. The molecule has 0 N–H and O–H groups in total. The maximum Gasteiger partial charge on any atom is 0.247 e. The van der Waals surface area contributed by atoms with E-state index in [4.69, 9.17) is 14.2 Å². The molecule has 1 atom stereocenters. The van der Waals surface area contributed by atoms with Gasteiger partial charge in [0.1, 0.15) is 0 Å². The Balaban J connectivity index is 1.59. The Hall–Kier alpha value is -3.33. The van der Waals surface area contributed by atoms with E-state index in [9.17, 15) is 4.79 Å². The molecule has 0 bridgehead atoms. The van der Waals surface area contributed by atoms with Crippen LogP contribution in [0.15, 0.2) is 47.6 Å². The minimum Gasteiger partial charge on any atom is -0.454 e. The molecule has 5 rings (SSSR count). The molecule has 9 heteroatoms. The van der Waals surface area contributed by atoms with Crippen molar-refractivity contribution in [1.29, 1.82) is 0 Å². The Morgan fingerprint density at radius 3 is 2.82 bits per heavy atom. The second-order valence-electron chi connectivity index (χ2n) is 7.79. The number of anilines is 1. The Morgan fingerprint density at radius 1 is 1.12 bits per heavy atom. The number of ether oxygens (including phenoxy) is 3. The van der Waals surface area contributed by atoms with Gasteiger partial charge in [-0.2, -0.15) is 4.98 Å². The number of rotatable bonds is 6. The van der Waals surface area contributed by atoms with Gasteiger partial charge in [0.2, 0.25) is 30.0 Å². The molecule has 1 unspecified atom stereocenters. The maximum atomic E-state index is 12.9. The van der Waals surface area contributed by atoms with Crippen LogP contribution in [0, 0.1) is 0 Å². The number of nitrogens with zero attached hydrogens (tertiary/aromatic N) is 4. The van der Waals surface area contributed by atoms with Gasteiger partial charge in [-0.25, -0.2) is 0 Å². The fourth-order valence-corrected chi connectivity index (χ4v) is 4.69. The molecule has 0 aliphatic carbocycles. The van der Waals surface area contributed by atoms with E-state index in [0.717, 1.165) is 36.1 Å². The standard InChI is InChI=1S/C24H24N4O4S/c1-3-4-7-12-33-24-25-22-21(26-27-24)17-8-5-6-9-18(17)28(15(2)29)23(32-22)16-10-11-19-20(13-16)31-14-30-19/h5-6,8-11,13,23H,3-4,7,12,14H2,1-2H3. The lowest BCUT2D eigenvalue weighted by molar-refractivity contribution is -0.118. The summed E-state index contributed by atoms with van der Waals surface area (Å²) in [6, 6.07) is 13.1. The minimum atomic E-state index is -0.756. The van der Waals surface area contributed by atoms with E-state index in [1.54, 1.807) is 16.7 Å². The average molecular weight is 465 g/mol. The number of hydrogen-bond acceptors (Lipinski definition) is 8. The second kappa shape index (κ2) is 9.27. The summed E-state index contributed by atoms with van der Waals surface area (Å²) in [4.78, 5) is 19.2. The predicted molar refractivity (Wildman–Crippen MR) is 125 cm³/mol. The van der Waals surface area contributed by atoms with Crippen molar-refractivity contribution in [2.24, 2.45) is 0 Å². The molecule has 8 nitrogen and oxygen atoms in total. The first-order chi connectivity index (χ1) is 16.2. The van der Waals surface area contributed by atoms with Crippen molar-refractivity contribution in [3.63, 3.8) is 0 Å². The van der Waals surface area contributed by atoms with Gasteiger partial charge in [0.25, 0.3) is 0 Å². The molecular weight excluding hydrogens is 440 g/mol. The molecule has 33 heavy (non-hydrogen) atoms. The summed E-state index contributed by atoms with van der Waals surface area (Å²) >= 11 is 1.56. The third-order valence-electron chi connectivity index (χ3n) is 5.51. The maximum absolute atomic E-state index is 12.9. The monoisotopic (exact) mass is 464 g/mol. The van der Waals surface area contributed by atoms with Crippen molar-refractivity contribution in [2.45, 2.75) is 44.5 Å². The Kier molecular flexibility index (Phi) is 6.04. The molecular formula is C24H24N4O4S. The number of amides is 1. The van der Waals surface area contributed by atoms with Crippen molar-refractivity contribution in [3.05, 3.63) is 48.0 Å². The summed E-state index contributed by atoms with van der Waals surface area (Å²) in [5.41, 5.74) is 2.69. The van der Waals surface area contributed by atoms with E-state index in [2.05, 4.69) is 22.1 Å². The SMILES string of the molecule is CCCCCSc1nnc2c(n1)OC(c1ccc3c(c1)OCO3)N(C(C)=O)c1ccccc1-2. The van der Waals surface area contributed by atoms with Crippen LogP contribution in [0.1, 0.15) is 44.9 Å². The van der Waals surface area contributed by atoms with E-state index in [1.807, 2.05) is 42.5 Å². The number of thioether (sulfide) groups is 1. The van der Waals surface area contributed by atoms with E-state index >= 15 is 0 Å². The molecule has 0 saturated carbocycles. The Morgan fingerprint density at radius 2 is 1.97 bits per heavy atom. The van der Waals surface area contributed by atoms with E-state index in [0.29, 0.717) is 33.9 Å². The van der Waals surface area contributed by atoms with Crippen LogP contribution in [-0.4, -0.2) is 33.6 Å². The third kappa shape index (κ3) is 4.20. The van der Waals surface area contributed by atoms with Gasteiger partial charge in [0, 0.05) is 23.8 Å². The summed E-state index contributed by atoms with van der Waals surface area (Å²) in [6.07, 6.45) is 2.65. The van der Waals surface area contributed by atoms with Gasteiger partial charge >= 0.3 is 0 Å². The van der Waals surface area contributed by atoms with E-state index in [-0.39, 0.29) is 12.7 Å². The number of aromatic nitrogens is 3. The number of carbonyl (C=O) groups excluding carboxylic acids is 1. The summed E-state index contributed by atoms with van der Waals surface area (Å²) < 4.78 is 17.4. The van der Waals surface area contributed by atoms with Crippen LogP contribution >= 0.6 is 11.8 Å². The van der Waals surface area contributed by atoms with Crippen LogP contribution in [0.4, 0.5) is 5.69 Å². The van der Waals surface area contributed by atoms with Crippen molar-refractivity contribution in [2.75, 3.05) is 17.4 Å². The van der Waals surface area contributed by atoms with Crippen molar-refractivity contribution in [3.8, 4) is 28.6 Å². The van der Waals surface area contributed by atoms with Gasteiger partial charge < -0.3 is 14.2 Å². The molecule has 3 heterocycles. The number of para-hydroxylation sites is 1. The first kappa shape index (κ1) is 21.5. The van der Waals surface area contributed by atoms with Crippen LogP contribution in [0.5, 0.6) is 17.4 Å². The zero-order valence-corrected chi connectivity index (χ0v) is 19.3. The number of benzene rings is 2. The molecule has 1 aromatic heterocycles. The number of hydrogen-bond donors (Lipinski definition) is 0. The molecule has 170 valence electrons. The lowest BCUT2D eigenvalue weighted by Crippen LogP contribution is -2.36. The van der Waals surface area contributed by atoms with Gasteiger partial charge in [0.15, 0.2) is 17.2 Å². The zero-order valence-electron chi connectivity index (χ0n) is 18.5. The minimum absolute atomic E-state index is 0.167. The lowest BCUT2D eigenvalue weighted by atomic mass is 10.1. The fraction of sp³-hybridized carbons (Fsp3) is 0.333. The Labute approximate surface area is 196 Å². The summed E-state index contributed by atoms with van der Waals surface area (Å²) in [6.45, 7) is 3.86. The topological polar surface area (TPSA) is 86.7 Å². The van der Waals surface area contributed by atoms with Gasteiger partial charge in [0.05, 0.1) is 5.69 Å². The molecule has 0 radical (unpaired) electrons. The number of carbonyl (C=O) groups is 1. The van der Waals surface area contributed by atoms with Crippen LogP contribution < -0.4 is 19.1 Å². The van der Waals surface area contributed by atoms with Gasteiger partial charge in [-0.05, 0) is 30.7 Å². The number of fused-ring (bicyclic) bond motifs is 4. The predicted octanol–water partition coefficient (Wildman–Crippen LogP) is 4.99. The van der Waals surface area contributed by atoms with Crippen LogP contribution in [-0.2, 0) is 4.79 Å². The number of unbranched alkanes of at least 4 members (excludes halogenated alkanes) is 2. The highest BCUT2D eigenvalue weighted by Gasteiger charge is 2.35. The molecule has 1 amide bonds. The van der Waals surface area contributed by atoms with Crippen molar-refractivity contribution >= 4 is 23.4 Å². The van der Waals surface area contributed by atoms with Crippen LogP contribution in [0.2, 0.25) is 0 Å².